The summed E-state index contributed by atoms with van der Waals surface area (Å²) in [7, 11) is -0.488. The van der Waals surface area contributed by atoms with Crippen molar-refractivity contribution in [2.75, 3.05) is 19.3 Å². The van der Waals surface area contributed by atoms with E-state index in [4.69, 9.17) is 16.2 Å². The summed E-state index contributed by atoms with van der Waals surface area (Å²) in [5.41, 5.74) is 2.99. The van der Waals surface area contributed by atoms with Gasteiger partial charge in [0.1, 0.15) is 5.82 Å². The smallest absolute Gasteiger partial charge is 0.263 e. The van der Waals surface area contributed by atoms with E-state index < -0.39 is 23.2 Å². The molecular weight excluding hydrogens is 729 g/mol. The molecule has 0 bridgehead atoms. The van der Waals surface area contributed by atoms with Gasteiger partial charge in [0.05, 0.1) is 39.4 Å². The van der Waals surface area contributed by atoms with Gasteiger partial charge in [-0.1, -0.05) is 54.1 Å². The first-order valence-electron chi connectivity index (χ1n) is 15.6. The van der Waals surface area contributed by atoms with Crippen molar-refractivity contribution < 1.29 is 26.7 Å². The molecule has 0 fully saturated rings. The third-order valence-corrected chi connectivity index (χ3v) is 10.5. The van der Waals surface area contributed by atoms with Crippen molar-refractivity contribution in [3.05, 3.63) is 136 Å². The van der Waals surface area contributed by atoms with Gasteiger partial charge in [0.25, 0.3) is 12.3 Å². The second-order valence-corrected chi connectivity index (χ2v) is 14.0. The van der Waals surface area contributed by atoms with Crippen molar-refractivity contribution in [1.82, 2.24) is 8.87 Å². The number of rotatable bonds is 10. The van der Waals surface area contributed by atoms with Crippen molar-refractivity contribution in [2.24, 2.45) is 0 Å². The normalized spacial score (nSPS) is 11.7. The zero-order valence-corrected chi connectivity index (χ0v) is 29.6. The maximum Gasteiger partial charge on any atom is 0.263 e. The lowest BCUT2D eigenvalue weighted by Gasteiger charge is -2.17. The zero-order valence-electron chi connectivity index (χ0n) is 27.2. The molecule has 0 saturated heterocycles. The topological polar surface area (TPSA) is 110 Å². The quantitative estimate of drug-likeness (QED) is 0.140. The Morgan fingerprint density at radius 1 is 0.923 bits per heavy atom. The first-order chi connectivity index (χ1) is 25.1. The van der Waals surface area contributed by atoms with Crippen LogP contribution in [0.4, 0.5) is 13.2 Å². The van der Waals surface area contributed by atoms with Crippen LogP contribution in [0, 0.1) is 28.5 Å². The molecule has 0 radical (unpaired) electrons. The van der Waals surface area contributed by atoms with E-state index in [0.29, 0.717) is 52.1 Å². The Bertz CT molecular complexity index is 2430. The number of alkyl halides is 2. The molecule has 1 heterocycles. The summed E-state index contributed by atoms with van der Waals surface area (Å²) in [6.07, 6.45) is -2.74. The highest BCUT2D eigenvalue weighted by Gasteiger charge is 2.28. The maximum absolute atomic E-state index is 15.1. The molecule has 1 amide bonds. The molecule has 1 N–H and O–H groups in total. The lowest BCUT2D eigenvalue weighted by molar-refractivity contribution is 0.0803. The van der Waals surface area contributed by atoms with Gasteiger partial charge in [-0.2, -0.15) is 10.5 Å². The summed E-state index contributed by atoms with van der Waals surface area (Å²) in [5.74, 6) is -0.563. The Morgan fingerprint density at radius 2 is 1.60 bits per heavy atom. The van der Waals surface area contributed by atoms with Crippen molar-refractivity contribution >= 4 is 51.4 Å². The number of nitriles is 2. The minimum atomic E-state index is -2.74. The molecule has 7 nitrogen and oxygen atoms in total. The van der Waals surface area contributed by atoms with Gasteiger partial charge in [-0.25, -0.2) is 17.4 Å². The number of carbonyl (C=O) groups excluding carboxylic acids is 1. The van der Waals surface area contributed by atoms with E-state index in [0.717, 1.165) is 0 Å². The molecular formula is C39H26ClF3N4O3S2. The van der Waals surface area contributed by atoms with Gasteiger partial charge < -0.3 is 9.45 Å². The predicted molar refractivity (Wildman–Crippen MR) is 198 cm³/mol. The van der Waals surface area contributed by atoms with Crippen molar-refractivity contribution in [1.29, 1.82) is 10.5 Å². The molecule has 1 aromatic heterocycles. The highest BCUT2D eigenvalue weighted by atomic mass is 35.5. The molecule has 52 heavy (non-hydrogen) atoms. The fraction of sp³-hybridized carbons (Fsp3) is 0.103. The fourth-order valence-electron chi connectivity index (χ4n) is 5.98. The summed E-state index contributed by atoms with van der Waals surface area (Å²) in [6.45, 7) is 0.321. The van der Waals surface area contributed by atoms with Crippen LogP contribution < -0.4 is 0 Å². The summed E-state index contributed by atoms with van der Waals surface area (Å²) in [5, 5.41) is 20.9. The van der Waals surface area contributed by atoms with Crippen molar-refractivity contribution in [3.63, 3.8) is 0 Å². The first kappa shape index (κ1) is 36.4. The summed E-state index contributed by atoms with van der Waals surface area (Å²) in [6, 6.07) is 29.7. The molecule has 0 aliphatic heterocycles. The van der Waals surface area contributed by atoms with Gasteiger partial charge in [-0.15, -0.1) is 0 Å². The predicted octanol–water partition coefficient (Wildman–Crippen LogP) is 9.96. The molecule has 1 unspecified atom stereocenters. The monoisotopic (exact) mass is 754 g/mol. The number of aromatic nitrogens is 1. The fourth-order valence-corrected chi connectivity index (χ4v) is 7.91. The van der Waals surface area contributed by atoms with E-state index in [-0.39, 0.29) is 54.7 Å². The van der Waals surface area contributed by atoms with Crippen LogP contribution in [0.25, 0.3) is 44.4 Å². The molecule has 0 saturated carbocycles. The largest absolute Gasteiger partial charge is 0.341 e. The number of hydrogen-bond donors (Lipinski definition) is 1. The number of carbonyl (C=O) groups is 1. The van der Waals surface area contributed by atoms with E-state index in [1.165, 1.54) is 63.5 Å². The molecule has 13 heteroatoms. The Balaban J connectivity index is 1.62. The Kier molecular flexibility index (Phi) is 10.8. The van der Waals surface area contributed by atoms with E-state index in [2.05, 4.69) is 12.1 Å². The first-order valence-corrected chi connectivity index (χ1v) is 18.0. The third kappa shape index (κ3) is 6.94. The third-order valence-electron chi connectivity index (χ3n) is 8.47. The average molecular weight is 755 g/mol. The Morgan fingerprint density at radius 3 is 2.23 bits per heavy atom. The summed E-state index contributed by atoms with van der Waals surface area (Å²) >= 11 is 7.40. The molecule has 6 aromatic rings. The maximum atomic E-state index is 15.1. The number of halogens is 4. The zero-order chi connectivity index (χ0) is 37.1. The van der Waals surface area contributed by atoms with Crippen LogP contribution in [0.5, 0.6) is 0 Å². The average Bonchev–Trinajstić information content (AvgIpc) is 3.49. The number of amides is 1. The van der Waals surface area contributed by atoms with Gasteiger partial charge >= 0.3 is 0 Å². The molecule has 6 rings (SSSR count). The lowest BCUT2D eigenvalue weighted by Crippen LogP contribution is -2.28. The van der Waals surface area contributed by atoms with E-state index in [1.54, 1.807) is 55.6 Å². The van der Waals surface area contributed by atoms with Gasteiger partial charge in [-0.3, -0.25) is 8.77 Å². The summed E-state index contributed by atoms with van der Waals surface area (Å²) in [4.78, 5) is 14.6. The van der Waals surface area contributed by atoms with Crippen LogP contribution in [0.3, 0.4) is 0 Å². The van der Waals surface area contributed by atoms with Crippen molar-refractivity contribution in [2.45, 2.75) is 11.3 Å². The van der Waals surface area contributed by atoms with Crippen LogP contribution in [0.1, 0.15) is 33.5 Å². The minimum Gasteiger partial charge on any atom is -0.341 e. The lowest BCUT2D eigenvalue weighted by atomic mass is 9.90. The molecule has 260 valence electrons. The van der Waals surface area contributed by atoms with E-state index in [9.17, 15) is 28.3 Å². The van der Waals surface area contributed by atoms with Crippen LogP contribution in [0.2, 0.25) is 5.02 Å². The van der Waals surface area contributed by atoms with Crippen LogP contribution in [-0.4, -0.2) is 42.9 Å². The molecule has 0 spiro atoms. The van der Waals surface area contributed by atoms with Crippen LogP contribution >= 0.6 is 23.6 Å². The van der Waals surface area contributed by atoms with Gasteiger partial charge in [0.15, 0.2) is 11.0 Å². The number of hydrogen-bond acceptors (Lipinski definition) is 6. The van der Waals surface area contributed by atoms with Crippen LogP contribution in [0.15, 0.2) is 108 Å². The van der Waals surface area contributed by atoms with Gasteiger partial charge in [0.2, 0.25) is 0 Å². The highest BCUT2D eigenvalue weighted by Crippen LogP contribution is 2.46. The molecule has 0 aliphatic rings. The second-order valence-electron chi connectivity index (χ2n) is 11.6. The number of nitrogens with zero attached hydrogens (tertiary/aromatic N) is 4. The SMILES string of the molecule is CN(CCSO)C(=O)c1ccc(-c2cccc(-c3c(-c4c(C#N)cccc4C#N)c4cc(F)ccc4n3S(=O)c3ccc(C(F)F)cc3)c2)c(Cl)c1. The Labute approximate surface area is 308 Å². The number of benzene rings is 5. The standard InChI is InChI=1S/C39H26ClF3N4O3S2/c1-46(16-17-51-49)39(48)26-10-14-31(33(40)19-26)24-4-2-5-25(18-24)37-36(35-27(21-44)6-3-7-28(35)22-45)32-20-29(41)11-15-34(32)47(37)52(50)30-12-8-23(9-13-30)38(42)43/h2-15,18-20,38,49H,16-17H2,1H3. The van der Waals surface area contributed by atoms with E-state index >= 15 is 4.39 Å². The number of fused-ring (bicyclic) bond motifs is 1. The van der Waals surface area contributed by atoms with Gasteiger partial charge in [-0.05, 0) is 78.3 Å². The molecule has 0 aliphatic carbocycles. The molecule has 1 atom stereocenters. The van der Waals surface area contributed by atoms with Crippen LogP contribution in [-0.2, 0) is 11.0 Å². The minimum absolute atomic E-state index is 0.123. The van der Waals surface area contributed by atoms with Gasteiger partial charge in [0, 0.05) is 63.1 Å². The van der Waals surface area contributed by atoms with E-state index in [1.807, 2.05) is 0 Å². The Hall–Kier alpha value is -5.37. The second kappa shape index (κ2) is 15.5. The molecule has 5 aromatic carbocycles. The van der Waals surface area contributed by atoms with Crippen molar-refractivity contribution in [3.8, 4) is 45.6 Å². The highest BCUT2D eigenvalue weighted by molar-refractivity contribution is 7.93. The summed E-state index contributed by atoms with van der Waals surface area (Å²) < 4.78 is 67.0.